The van der Waals surface area contributed by atoms with Gasteiger partial charge in [0.25, 0.3) is 0 Å². The highest BCUT2D eigenvalue weighted by Crippen LogP contribution is 2.32. The molecule has 8 nitrogen and oxygen atoms in total. The Morgan fingerprint density at radius 2 is 1.88 bits per heavy atom. The van der Waals surface area contributed by atoms with Crippen molar-refractivity contribution < 1.29 is 9.26 Å². The molecule has 0 aliphatic carbocycles. The molecule has 0 amide bonds. The number of ether oxygens (including phenoxy) is 1. The molecule has 0 saturated carbocycles. The summed E-state index contributed by atoms with van der Waals surface area (Å²) in [5, 5.41) is 13.2. The van der Waals surface area contributed by atoms with Crippen molar-refractivity contribution in [3.63, 3.8) is 0 Å². The third-order valence-corrected chi connectivity index (χ3v) is 8.57. The fraction of sp³-hybridized carbons (Fsp3) is 0.353. The van der Waals surface area contributed by atoms with E-state index in [9.17, 15) is 0 Å². The van der Waals surface area contributed by atoms with Crippen LogP contribution >= 0.6 is 11.8 Å². The minimum atomic E-state index is -0.350. The number of nitrogens with two attached hydrogens (primary N) is 2. The number of aryl methyl sites for hydroxylation is 1. The van der Waals surface area contributed by atoms with Crippen molar-refractivity contribution in [2.24, 2.45) is 21.5 Å². The van der Waals surface area contributed by atoms with Crippen molar-refractivity contribution in [2.45, 2.75) is 71.5 Å². The van der Waals surface area contributed by atoms with Crippen LogP contribution in [0.3, 0.4) is 0 Å². The molecular weight excluding hydrogens is 556 g/mol. The van der Waals surface area contributed by atoms with Gasteiger partial charge in [0, 0.05) is 34.5 Å². The van der Waals surface area contributed by atoms with E-state index in [1.54, 1.807) is 6.21 Å². The monoisotopic (exact) mass is 596 g/mol. The quantitative estimate of drug-likeness (QED) is 0.139. The number of aromatic nitrogens is 1. The zero-order chi connectivity index (χ0) is 30.8. The topological polar surface area (TPSA) is 136 Å². The first kappa shape index (κ1) is 31.8. The van der Waals surface area contributed by atoms with E-state index >= 15 is 0 Å². The third-order valence-electron chi connectivity index (χ3n) is 7.47. The van der Waals surface area contributed by atoms with Gasteiger partial charge in [0.05, 0.1) is 35.6 Å². The van der Waals surface area contributed by atoms with Gasteiger partial charge < -0.3 is 20.7 Å². The average Bonchev–Trinajstić information content (AvgIpc) is 3.63. The van der Waals surface area contributed by atoms with Crippen LogP contribution in [0.4, 0.5) is 0 Å². The van der Waals surface area contributed by atoms with Crippen LogP contribution in [-0.2, 0) is 16.9 Å². The normalized spacial score (nSPS) is 18.4. The number of aliphatic imine (C=N–C) groups is 2. The Labute approximate surface area is 258 Å². The summed E-state index contributed by atoms with van der Waals surface area (Å²) >= 11 is 1.81. The molecule has 1 aliphatic heterocycles. The van der Waals surface area contributed by atoms with Gasteiger partial charge in [-0.2, -0.15) is 17.0 Å². The maximum Gasteiger partial charge on any atom is 0.171 e. The standard InChI is InChI=1S/C34H40N6O2S/c1-5-22(3)31(36)30(32(37)25-14-12-24(13-15-25)18-19-35)34(38-6-2)39-29-17-16-27(41-29)20-43-21-28-23(4)40-42-33(28)26-10-8-7-9-11-26/h6-15,27,29H,5,16-18,20-21,36-37H2,1-4H3/b31-22-,32-30-,38-6?,39-34-. The smallest absolute Gasteiger partial charge is 0.171 e. The molecule has 4 rings (SSSR count). The van der Waals surface area contributed by atoms with Crippen LogP contribution in [0.5, 0.6) is 0 Å². The number of benzene rings is 2. The summed E-state index contributed by atoms with van der Waals surface area (Å²) < 4.78 is 12.0. The van der Waals surface area contributed by atoms with Crippen molar-refractivity contribution in [1.82, 2.24) is 5.16 Å². The van der Waals surface area contributed by atoms with E-state index in [4.69, 9.17) is 31.0 Å². The van der Waals surface area contributed by atoms with Crippen molar-refractivity contribution in [1.29, 1.82) is 5.26 Å². The van der Waals surface area contributed by atoms with Gasteiger partial charge >= 0.3 is 0 Å². The van der Waals surface area contributed by atoms with Crippen LogP contribution < -0.4 is 11.5 Å². The summed E-state index contributed by atoms with van der Waals surface area (Å²) in [5.41, 5.74) is 20.9. The second-order valence-corrected chi connectivity index (χ2v) is 11.5. The fourth-order valence-corrected chi connectivity index (χ4v) is 5.99. The van der Waals surface area contributed by atoms with Crippen LogP contribution in [-0.4, -0.2) is 35.3 Å². The fourth-order valence-electron chi connectivity index (χ4n) is 4.82. The van der Waals surface area contributed by atoms with Crippen LogP contribution in [0.15, 0.2) is 85.9 Å². The molecule has 43 heavy (non-hydrogen) atoms. The second-order valence-electron chi connectivity index (χ2n) is 10.5. The van der Waals surface area contributed by atoms with E-state index in [0.29, 0.717) is 29.2 Å². The van der Waals surface area contributed by atoms with Gasteiger partial charge in [-0.05, 0) is 56.7 Å². The second kappa shape index (κ2) is 15.4. The lowest BCUT2D eigenvalue weighted by atomic mass is 9.98. The summed E-state index contributed by atoms with van der Waals surface area (Å²) in [6.45, 7) is 7.87. The largest absolute Gasteiger partial charge is 0.398 e. The molecule has 224 valence electrons. The van der Waals surface area contributed by atoms with Crippen molar-refractivity contribution >= 4 is 29.5 Å². The molecule has 2 aromatic carbocycles. The highest BCUT2D eigenvalue weighted by Gasteiger charge is 2.27. The molecule has 2 heterocycles. The summed E-state index contributed by atoms with van der Waals surface area (Å²) in [7, 11) is 0. The van der Waals surface area contributed by atoms with Crippen LogP contribution in [0, 0.1) is 18.3 Å². The maximum atomic E-state index is 9.03. The van der Waals surface area contributed by atoms with Gasteiger partial charge in [-0.3, -0.25) is 0 Å². The lowest BCUT2D eigenvalue weighted by Crippen LogP contribution is -2.20. The molecule has 0 bridgehead atoms. The Hall–Kier alpha value is -4.13. The summed E-state index contributed by atoms with van der Waals surface area (Å²) in [5.74, 6) is 2.89. The molecule has 4 N–H and O–H groups in total. The van der Waals surface area contributed by atoms with E-state index < -0.39 is 0 Å². The molecule has 1 aromatic heterocycles. The minimum Gasteiger partial charge on any atom is -0.398 e. The molecule has 1 aliphatic rings. The van der Waals surface area contributed by atoms with Crippen LogP contribution in [0.25, 0.3) is 17.0 Å². The third kappa shape index (κ3) is 8.04. The van der Waals surface area contributed by atoms with Gasteiger partial charge in [-0.1, -0.05) is 66.7 Å². The maximum absolute atomic E-state index is 9.03. The van der Waals surface area contributed by atoms with E-state index in [2.05, 4.69) is 23.1 Å². The zero-order valence-electron chi connectivity index (χ0n) is 25.3. The SMILES string of the molecule is CC=NC(=N\C1CCC(CSCc2c(C)noc2-c2ccccc2)O1)/C(C(/N)=C(\C)CC)=C(\N)c1ccc(CC#N)cc1. The Balaban J connectivity index is 1.51. The number of nitriles is 1. The van der Waals surface area contributed by atoms with Crippen LogP contribution in [0.2, 0.25) is 0 Å². The molecule has 2 unspecified atom stereocenters. The number of hydrogen-bond acceptors (Lipinski definition) is 8. The highest BCUT2D eigenvalue weighted by molar-refractivity contribution is 7.98. The number of allylic oxidation sites excluding steroid dienone is 1. The van der Waals surface area contributed by atoms with Crippen molar-refractivity contribution in [2.75, 3.05) is 5.75 Å². The van der Waals surface area contributed by atoms with Gasteiger partial charge in [-0.25, -0.2) is 9.98 Å². The Kier molecular flexibility index (Phi) is 11.4. The van der Waals surface area contributed by atoms with E-state index in [0.717, 1.165) is 70.0 Å². The predicted octanol–water partition coefficient (Wildman–Crippen LogP) is 6.96. The lowest BCUT2D eigenvalue weighted by Gasteiger charge is -2.17. The molecule has 9 heteroatoms. The Morgan fingerprint density at radius 1 is 1.14 bits per heavy atom. The molecule has 0 radical (unpaired) electrons. The minimum absolute atomic E-state index is 0.0636. The number of rotatable bonds is 11. The highest BCUT2D eigenvalue weighted by atomic mass is 32.2. The van der Waals surface area contributed by atoms with Crippen LogP contribution in [0.1, 0.15) is 62.4 Å². The van der Waals surface area contributed by atoms with Gasteiger partial charge in [0.2, 0.25) is 0 Å². The lowest BCUT2D eigenvalue weighted by molar-refractivity contribution is 0.0642. The van der Waals surface area contributed by atoms with Gasteiger partial charge in [-0.15, -0.1) is 0 Å². The first-order valence-electron chi connectivity index (χ1n) is 14.6. The van der Waals surface area contributed by atoms with E-state index in [1.165, 1.54) is 0 Å². The van der Waals surface area contributed by atoms with Gasteiger partial charge in [0.15, 0.2) is 17.8 Å². The van der Waals surface area contributed by atoms with Crippen molar-refractivity contribution in [3.05, 3.63) is 93.8 Å². The molecule has 1 saturated heterocycles. The molecule has 3 aromatic rings. The average molecular weight is 597 g/mol. The Bertz CT molecular complexity index is 1550. The number of thioether (sulfide) groups is 1. The molecule has 0 spiro atoms. The summed E-state index contributed by atoms with van der Waals surface area (Å²) in [6.07, 6.45) is 4.19. The summed E-state index contributed by atoms with van der Waals surface area (Å²) in [4.78, 5) is 9.56. The number of hydrogen-bond donors (Lipinski definition) is 2. The Morgan fingerprint density at radius 3 is 2.56 bits per heavy atom. The first-order chi connectivity index (χ1) is 20.9. The van der Waals surface area contributed by atoms with Gasteiger partial charge in [0.1, 0.15) is 0 Å². The van der Waals surface area contributed by atoms with E-state index in [1.807, 2.05) is 87.1 Å². The molecule has 1 fully saturated rings. The molecule has 2 atom stereocenters. The molecular formula is C34H40N6O2S. The summed E-state index contributed by atoms with van der Waals surface area (Å²) in [6, 6.07) is 19.9. The zero-order valence-corrected chi connectivity index (χ0v) is 26.2. The van der Waals surface area contributed by atoms with Crippen molar-refractivity contribution in [3.8, 4) is 17.4 Å². The number of amidine groups is 1. The number of nitrogens with zero attached hydrogens (tertiary/aromatic N) is 4. The predicted molar refractivity (Wildman–Crippen MR) is 176 cm³/mol. The first-order valence-corrected chi connectivity index (χ1v) is 15.7. The van der Waals surface area contributed by atoms with E-state index in [-0.39, 0.29) is 12.3 Å².